The second-order valence-corrected chi connectivity index (χ2v) is 8.20. The molecule has 1 aromatic rings. The summed E-state index contributed by atoms with van der Waals surface area (Å²) in [6, 6.07) is 3.00. The number of sulfonamides is 1. The lowest BCUT2D eigenvalue weighted by Gasteiger charge is -2.36. The van der Waals surface area contributed by atoms with Crippen molar-refractivity contribution in [3.05, 3.63) is 22.7 Å². The third-order valence-corrected chi connectivity index (χ3v) is 5.12. The maximum absolute atomic E-state index is 12.9. The van der Waals surface area contributed by atoms with Crippen molar-refractivity contribution in [2.45, 2.75) is 25.3 Å². The molecule has 1 unspecified atom stereocenters. The molecule has 0 spiro atoms. The highest BCUT2D eigenvalue weighted by Gasteiger charge is 2.30. The molecule has 1 atom stereocenters. The van der Waals surface area contributed by atoms with E-state index in [2.05, 4.69) is 4.72 Å². The highest BCUT2D eigenvalue weighted by molar-refractivity contribution is 7.88. The van der Waals surface area contributed by atoms with E-state index in [0.29, 0.717) is 28.6 Å². The summed E-state index contributed by atoms with van der Waals surface area (Å²) in [5.74, 6) is 0.714. The molecule has 1 saturated heterocycles. The van der Waals surface area contributed by atoms with Crippen LogP contribution in [0.5, 0.6) is 11.5 Å². The summed E-state index contributed by atoms with van der Waals surface area (Å²) in [4.78, 5) is 14.6. The number of ether oxygens (including phenoxy) is 2. The van der Waals surface area contributed by atoms with E-state index < -0.39 is 10.0 Å². The largest absolute Gasteiger partial charge is 0.454 e. The van der Waals surface area contributed by atoms with Crippen LogP contribution in [0, 0.1) is 0 Å². The van der Waals surface area contributed by atoms with Crippen LogP contribution in [0.15, 0.2) is 12.1 Å². The van der Waals surface area contributed by atoms with Crippen molar-refractivity contribution in [1.29, 1.82) is 0 Å². The number of amides is 1. The Morgan fingerprint density at radius 1 is 1.38 bits per heavy atom. The van der Waals surface area contributed by atoms with Gasteiger partial charge in [0.25, 0.3) is 5.91 Å². The molecular weight excluding hydrogens is 356 g/mol. The van der Waals surface area contributed by atoms with Gasteiger partial charge in [-0.1, -0.05) is 11.6 Å². The fraction of sp³-hybridized carbons (Fsp3) is 0.533. The first-order valence-corrected chi connectivity index (χ1v) is 9.97. The first kappa shape index (κ1) is 17.3. The molecule has 0 saturated carbocycles. The Morgan fingerprint density at radius 3 is 2.92 bits per heavy atom. The van der Waals surface area contributed by atoms with E-state index in [1.54, 1.807) is 17.0 Å². The number of nitrogens with zero attached hydrogens (tertiary/aromatic N) is 1. The lowest BCUT2D eigenvalue weighted by molar-refractivity contribution is 0.0618. The first-order chi connectivity index (χ1) is 11.3. The predicted molar refractivity (Wildman–Crippen MR) is 89.1 cm³/mol. The quantitative estimate of drug-likeness (QED) is 0.865. The molecule has 1 aromatic carbocycles. The van der Waals surface area contributed by atoms with E-state index in [1.165, 1.54) is 0 Å². The van der Waals surface area contributed by atoms with E-state index in [-0.39, 0.29) is 25.3 Å². The molecule has 9 heteroatoms. The minimum atomic E-state index is -3.30. The van der Waals surface area contributed by atoms with Crippen molar-refractivity contribution in [2.75, 3.05) is 26.1 Å². The van der Waals surface area contributed by atoms with E-state index in [4.69, 9.17) is 21.1 Å². The molecule has 1 fully saturated rings. The van der Waals surface area contributed by atoms with Gasteiger partial charge >= 0.3 is 0 Å². The zero-order valence-corrected chi connectivity index (χ0v) is 14.8. The lowest BCUT2D eigenvalue weighted by Crippen LogP contribution is -2.49. The number of hydrogen-bond donors (Lipinski definition) is 1. The van der Waals surface area contributed by atoms with Crippen LogP contribution >= 0.6 is 11.6 Å². The number of hydrogen-bond acceptors (Lipinski definition) is 5. The number of nitrogens with one attached hydrogen (secondary N) is 1. The third kappa shape index (κ3) is 3.76. The van der Waals surface area contributed by atoms with Crippen LogP contribution in [-0.2, 0) is 10.0 Å². The number of likely N-dealkylation sites (tertiary alicyclic amines) is 1. The van der Waals surface area contributed by atoms with Crippen molar-refractivity contribution in [3.63, 3.8) is 0 Å². The predicted octanol–water partition coefficient (Wildman–Crippen LogP) is 1.61. The molecule has 132 valence electrons. The molecule has 7 nitrogen and oxygen atoms in total. The second-order valence-electron chi connectivity index (χ2n) is 5.96. The Bertz CT molecular complexity index is 752. The minimum absolute atomic E-state index is 0.0807. The fourth-order valence-corrected chi connectivity index (χ4v) is 3.74. The van der Waals surface area contributed by atoms with Gasteiger partial charge in [-0.2, -0.15) is 0 Å². The summed E-state index contributed by atoms with van der Waals surface area (Å²) in [7, 11) is -3.30. The van der Waals surface area contributed by atoms with Gasteiger partial charge in [0.15, 0.2) is 11.5 Å². The van der Waals surface area contributed by atoms with Crippen molar-refractivity contribution < 1.29 is 22.7 Å². The van der Waals surface area contributed by atoms with Gasteiger partial charge < -0.3 is 14.4 Å². The summed E-state index contributed by atoms with van der Waals surface area (Å²) >= 11 is 6.15. The summed E-state index contributed by atoms with van der Waals surface area (Å²) in [6.07, 6.45) is 3.72. The Hall–Kier alpha value is -1.51. The molecule has 1 amide bonds. The molecule has 0 aliphatic carbocycles. The summed E-state index contributed by atoms with van der Waals surface area (Å²) in [5.41, 5.74) is 0.413. The van der Waals surface area contributed by atoms with Crippen molar-refractivity contribution >= 4 is 27.5 Å². The van der Waals surface area contributed by atoms with Crippen LogP contribution in [-0.4, -0.2) is 51.4 Å². The zero-order valence-electron chi connectivity index (χ0n) is 13.2. The molecule has 24 heavy (non-hydrogen) atoms. The Balaban J connectivity index is 1.80. The molecule has 0 aromatic heterocycles. The van der Waals surface area contributed by atoms with Crippen molar-refractivity contribution in [2.24, 2.45) is 0 Å². The van der Waals surface area contributed by atoms with Crippen molar-refractivity contribution in [3.8, 4) is 11.5 Å². The molecule has 2 aliphatic heterocycles. The van der Waals surface area contributed by atoms with Crippen LogP contribution in [0.1, 0.15) is 29.6 Å². The maximum Gasteiger partial charge on any atom is 0.254 e. The normalized spacial score (nSPS) is 20.2. The summed E-state index contributed by atoms with van der Waals surface area (Å²) in [5, 5.41) is 0.330. The van der Waals surface area contributed by atoms with Gasteiger partial charge in [0, 0.05) is 24.7 Å². The minimum Gasteiger partial charge on any atom is -0.454 e. The third-order valence-electron chi connectivity index (χ3n) is 4.14. The number of carbonyl (C=O) groups is 1. The highest BCUT2D eigenvalue weighted by Crippen LogP contribution is 2.40. The first-order valence-electron chi connectivity index (χ1n) is 7.70. The van der Waals surface area contributed by atoms with Gasteiger partial charge in [-0.15, -0.1) is 0 Å². The van der Waals surface area contributed by atoms with Gasteiger partial charge in [-0.3, -0.25) is 4.79 Å². The maximum atomic E-state index is 12.9. The van der Waals surface area contributed by atoms with Gasteiger partial charge in [-0.25, -0.2) is 13.1 Å². The molecule has 2 aliphatic rings. The summed E-state index contributed by atoms with van der Waals surface area (Å²) < 4.78 is 35.7. The molecule has 3 rings (SSSR count). The number of benzene rings is 1. The number of piperidine rings is 1. The van der Waals surface area contributed by atoms with Crippen LogP contribution in [0.3, 0.4) is 0 Å². The second kappa shape index (κ2) is 6.78. The monoisotopic (exact) mass is 374 g/mol. The molecule has 0 radical (unpaired) electrons. The number of rotatable bonds is 4. The number of fused-ring (bicyclic) bond motifs is 1. The van der Waals surface area contributed by atoms with Crippen LogP contribution in [0.25, 0.3) is 0 Å². The lowest BCUT2D eigenvalue weighted by atomic mass is 10.0. The van der Waals surface area contributed by atoms with Gasteiger partial charge in [-0.05, 0) is 31.4 Å². The van der Waals surface area contributed by atoms with Gasteiger partial charge in [0.1, 0.15) is 0 Å². The average Bonchev–Trinajstić information content (AvgIpc) is 3.01. The Morgan fingerprint density at radius 2 is 2.17 bits per heavy atom. The zero-order chi connectivity index (χ0) is 17.3. The standard InChI is InChI=1S/C15H19ClN2O5S/c1-24(20,21)17-8-11-4-2-3-5-18(11)15(19)10-6-12(16)14-13(7-10)22-9-23-14/h6-7,11,17H,2-5,8-9H2,1H3. The topological polar surface area (TPSA) is 84.9 Å². The Kier molecular flexibility index (Phi) is 4.89. The van der Waals surface area contributed by atoms with Crippen LogP contribution in [0.2, 0.25) is 5.02 Å². The highest BCUT2D eigenvalue weighted by atomic mass is 35.5. The summed E-state index contributed by atoms with van der Waals surface area (Å²) in [6.45, 7) is 0.876. The molecule has 0 bridgehead atoms. The van der Waals surface area contributed by atoms with E-state index in [9.17, 15) is 13.2 Å². The Labute approximate surface area is 145 Å². The van der Waals surface area contributed by atoms with Crippen LogP contribution in [0.4, 0.5) is 0 Å². The SMILES string of the molecule is CS(=O)(=O)NCC1CCCCN1C(=O)c1cc(Cl)c2c(c1)OCO2. The van der Waals surface area contributed by atoms with Crippen molar-refractivity contribution in [1.82, 2.24) is 9.62 Å². The number of halogens is 1. The number of carbonyl (C=O) groups excluding carboxylic acids is 1. The van der Waals surface area contributed by atoms with Crippen LogP contribution < -0.4 is 14.2 Å². The smallest absolute Gasteiger partial charge is 0.254 e. The van der Waals surface area contributed by atoms with Gasteiger partial charge in [0.2, 0.25) is 16.8 Å². The molecule has 1 N–H and O–H groups in total. The molecular formula is C15H19ClN2O5S. The van der Waals surface area contributed by atoms with E-state index in [0.717, 1.165) is 25.5 Å². The van der Waals surface area contributed by atoms with Gasteiger partial charge in [0.05, 0.1) is 11.3 Å². The fourth-order valence-electron chi connectivity index (χ4n) is 2.98. The van der Waals surface area contributed by atoms with E-state index >= 15 is 0 Å². The average molecular weight is 375 g/mol. The molecule has 2 heterocycles. The van der Waals surface area contributed by atoms with E-state index in [1.807, 2.05) is 0 Å².